The van der Waals surface area contributed by atoms with Crippen LogP contribution in [0.4, 0.5) is 0 Å². The van der Waals surface area contributed by atoms with Gasteiger partial charge < -0.3 is 42.6 Å². The summed E-state index contributed by atoms with van der Waals surface area (Å²) in [5.74, 6) is 0.971. The molecule has 0 heterocycles. The molecule has 0 aliphatic heterocycles. The third-order valence-electron chi connectivity index (χ3n) is 4.23. The fourth-order valence-electron chi connectivity index (χ4n) is 2.45. The average molecular weight is 501 g/mol. The lowest BCUT2D eigenvalue weighted by atomic mass is 10.2. The number of hydrogen-bond acceptors (Lipinski definition) is 10. The molecule has 0 bridgehead atoms. The molecule has 0 fully saturated rings. The molecule has 0 N–H and O–H groups in total. The summed E-state index contributed by atoms with van der Waals surface area (Å²) in [5.41, 5.74) is 0. The molecule has 0 aromatic rings. The van der Waals surface area contributed by atoms with E-state index in [0.717, 1.165) is 18.8 Å². The van der Waals surface area contributed by atoms with Gasteiger partial charge >= 0.3 is 0 Å². The highest BCUT2D eigenvalue weighted by Crippen LogP contribution is 2.00. The Morgan fingerprint density at radius 3 is 0.909 bits per heavy atom. The lowest BCUT2D eigenvalue weighted by Crippen LogP contribution is -2.15. The van der Waals surface area contributed by atoms with Gasteiger partial charge in [-0.25, -0.2) is 0 Å². The highest BCUT2D eigenvalue weighted by atomic mass is 32.1. The molecular formula is C23H48O9S. The predicted molar refractivity (Wildman–Crippen MR) is 131 cm³/mol. The van der Waals surface area contributed by atoms with Gasteiger partial charge in [-0.15, -0.1) is 0 Å². The molecule has 0 spiro atoms. The molecule has 10 heteroatoms. The first-order valence-corrected chi connectivity index (χ1v) is 12.8. The number of methoxy groups -OCH3 is 1. The van der Waals surface area contributed by atoms with Crippen LogP contribution in [-0.4, -0.2) is 125 Å². The van der Waals surface area contributed by atoms with Gasteiger partial charge in [-0.1, -0.05) is 12.8 Å². The monoisotopic (exact) mass is 500 g/mol. The van der Waals surface area contributed by atoms with Crippen molar-refractivity contribution in [2.24, 2.45) is 0 Å². The third-order valence-corrected chi connectivity index (χ3v) is 4.55. The van der Waals surface area contributed by atoms with Gasteiger partial charge in [0, 0.05) is 13.7 Å². The Labute approximate surface area is 206 Å². The largest absolute Gasteiger partial charge is 0.382 e. The first-order valence-electron chi connectivity index (χ1n) is 12.1. The Bertz CT molecular complexity index is 311. The Morgan fingerprint density at radius 2 is 0.606 bits per heavy atom. The van der Waals surface area contributed by atoms with Crippen LogP contribution in [0.2, 0.25) is 0 Å². The van der Waals surface area contributed by atoms with Crippen LogP contribution in [-0.2, 0) is 42.6 Å². The minimum atomic E-state index is 0.539. The Morgan fingerprint density at radius 1 is 0.333 bits per heavy atom. The SMILES string of the molecule is COCCOCCOCCOCCOCCOCCOCCOCCOCCCCCCS. The fourth-order valence-corrected chi connectivity index (χ4v) is 2.68. The first-order chi connectivity index (χ1) is 16.4. The zero-order chi connectivity index (χ0) is 23.9. The van der Waals surface area contributed by atoms with Crippen LogP contribution >= 0.6 is 12.6 Å². The molecular weight excluding hydrogens is 452 g/mol. The van der Waals surface area contributed by atoms with Gasteiger partial charge in [-0.2, -0.15) is 12.6 Å². The van der Waals surface area contributed by atoms with Crippen molar-refractivity contribution in [2.75, 3.05) is 125 Å². The van der Waals surface area contributed by atoms with Gasteiger partial charge in [0.05, 0.1) is 106 Å². The molecule has 0 saturated carbocycles. The van der Waals surface area contributed by atoms with Crippen molar-refractivity contribution in [3.63, 3.8) is 0 Å². The van der Waals surface area contributed by atoms with Crippen LogP contribution in [0.1, 0.15) is 25.7 Å². The number of hydrogen-bond donors (Lipinski definition) is 1. The van der Waals surface area contributed by atoms with Crippen molar-refractivity contribution in [3.05, 3.63) is 0 Å². The summed E-state index contributed by atoms with van der Waals surface area (Å²) >= 11 is 4.20. The number of rotatable bonds is 30. The maximum absolute atomic E-state index is 5.52. The van der Waals surface area contributed by atoms with E-state index in [1.54, 1.807) is 7.11 Å². The van der Waals surface area contributed by atoms with E-state index in [-0.39, 0.29) is 0 Å². The van der Waals surface area contributed by atoms with Crippen LogP contribution in [0, 0.1) is 0 Å². The molecule has 0 atom stereocenters. The summed E-state index contributed by atoms with van der Waals surface area (Å²) in [6, 6.07) is 0. The van der Waals surface area contributed by atoms with Gasteiger partial charge in [-0.05, 0) is 18.6 Å². The van der Waals surface area contributed by atoms with Gasteiger partial charge in [0.1, 0.15) is 0 Å². The zero-order valence-electron chi connectivity index (χ0n) is 20.7. The smallest absolute Gasteiger partial charge is 0.0701 e. The van der Waals surface area contributed by atoms with E-state index < -0.39 is 0 Å². The van der Waals surface area contributed by atoms with Crippen LogP contribution in [0.3, 0.4) is 0 Å². The van der Waals surface area contributed by atoms with E-state index in [1.807, 2.05) is 0 Å². The van der Waals surface area contributed by atoms with Gasteiger partial charge in [0.2, 0.25) is 0 Å². The van der Waals surface area contributed by atoms with Crippen molar-refractivity contribution in [1.29, 1.82) is 0 Å². The van der Waals surface area contributed by atoms with Crippen LogP contribution in [0.15, 0.2) is 0 Å². The predicted octanol–water partition coefficient (Wildman–Crippen LogP) is 2.26. The summed E-state index contributed by atoms with van der Waals surface area (Å²) in [5, 5.41) is 0. The second-order valence-corrected chi connectivity index (χ2v) is 7.48. The van der Waals surface area contributed by atoms with Crippen molar-refractivity contribution in [2.45, 2.75) is 25.7 Å². The average Bonchev–Trinajstić information content (AvgIpc) is 2.83. The van der Waals surface area contributed by atoms with Crippen molar-refractivity contribution < 1.29 is 42.6 Å². The van der Waals surface area contributed by atoms with Crippen molar-refractivity contribution in [1.82, 2.24) is 0 Å². The molecule has 0 saturated heterocycles. The molecule has 0 aromatic heterocycles. The van der Waals surface area contributed by atoms with E-state index in [9.17, 15) is 0 Å². The number of ether oxygens (including phenoxy) is 9. The number of thiol groups is 1. The van der Waals surface area contributed by atoms with E-state index in [1.165, 1.54) is 19.3 Å². The third kappa shape index (κ3) is 32.0. The molecule has 0 radical (unpaired) electrons. The molecule has 9 nitrogen and oxygen atoms in total. The fraction of sp³-hybridized carbons (Fsp3) is 1.00. The Hall–Kier alpha value is -0.0100. The maximum Gasteiger partial charge on any atom is 0.0701 e. The van der Waals surface area contributed by atoms with E-state index in [0.29, 0.717) is 106 Å². The molecule has 0 unspecified atom stereocenters. The van der Waals surface area contributed by atoms with E-state index in [4.69, 9.17) is 42.6 Å². The first kappa shape index (κ1) is 33.0. The summed E-state index contributed by atoms with van der Waals surface area (Å²) < 4.78 is 48.3. The lowest BCUT2D eigenvalue weighted by Gasteiger charge is -2.08. The summed E-state index contributed by atoms with van der Waals surface area (Å²) in [7, 11) is 1.65. The van der Waals surface area contributed by atoms with Crippen LogP contribution < -0.4 is 0 Å². The summed E-state index contributed by atoms with van der Waals surface area (Å²) in [6.45, 7) is 9.85. The highest BCUT2D eigenvalue weighted by molar-refractivity contribution is 7.80. The molecule has 0 aromatic carbocycles. The van der Waals surface area contributed by atoms with Gasteiger partial charge in [0.15, 0.2) is 0 Å². The molecule has 200 valence electrons. The molecule has 33 heavy (non-hydrogen) atoms. The minimum absolute atomic E-state index is 0.539. The standard InChI is InChI=1S/C23H48O9S/c1-24-7-8-26-11-12-28-15-16-30-19-20-32-22-21-31-18-17-29-14-13-27-10-9-25-6-4-2-3-5-23-33/h33H,2-23H2,1H3. The minimum Gasteiger partial charge on any atom is -0.382 e. The van der Waals surface area contributed by atoms with Crippen LogP contribution in [0.5, 0.6) is 0 Å². The van der Waals surface area contributed by atoms with Crippen LogP contribution in [0.25, 0.3) is 0 Å². The molecule has 0 aliphatic rings. The van der Waals surface area contributed by atoms with Crippen molar-refractivity contribution in [3.8, 4) is 0 Å². The molecule has 0 amide bonds. The summed E-state index contributed by atoms with van der Waals surface area (Å²) in [4.78, 5) is 0. The highest BCUT2D eigenvalue weighted by Gasteiger charge is 1.95. The molecule has 0 aliphatic carbocycles. The topological polar surface area (TPSA) is 83.1 Å². The maximum atomic E-state index is 5.52. The normalized spacial score (nSPS) is 11.5. The molecule has 0 rings (SSSR count). The van der Waals surface area contributed by atoms with Gasteiger partial charge in [-0.3, -0.25) is 0 Å². The second-order valence-electron chi connectivity index (χ2n) is 7.03. The van der Waals surface area contributed by atoms with E-state index in [2.05, 4.69) is 12.6 Å². The lowest BCUT2D eigenvalue weighted by molar-refractivity contribution is -0.0243. The Kier molecular flexibility index (Phi) is 32.0. The van der Waals surface area contributed by atoms with Crippen molar-refractivity contribution >= 4 is 12.6 Å². The summed E-state index contributed by atoms with van der Waals surface area (Å²) in [6.07, 6.45) is 4.74. The van der Waals surface area contributed by atoms with E-state index >= 15 is 0 Å². The zero-order valence-corrected chi connectivity index (χ0v) is 21.6. The quantitative estimate of drug-likeness (QED) is 0.118. The second kappa shape index (κ2) is 32.0. The number of unbranched alkanes of at least 4 members (excludes halogenated alkanes) is 3. The Balaban J connectivity index is 2.99. The van der Waals surface area contributed by atoms with Gasteiger partial charge in [0.25, 0.3) is 0 Å².